The lowest BCUT2D eigenvalue weighted by Crippen LogP contribution is -2.44. The number of hydrogen-bond donors (Lipinski definition) is 1. The van der Waals surface area contributed by atoms with Gasteiger partial charge >= 0.3 is 17.9 Å². The molecular weight excluding hydrogens is 843 g/mol. The molecule has 66 heavy (non-hydrogen) atoms. The van der Waals surface area contributed by atoms with Crippen molar-refractivity contribution in [2.24, 2.45) is 0 Å². The Morgan fingerprint density at radius 3 is 1.14 bits per heavy atom. The van der Waals surface area contributed by atoms with Crippen LogP contribution in [0.1, 0.15) is 290 Å². The number of thioether (sulfide) groups is 1. The lowest BCUT2D eigenvalue weighted by Gasteiger charge is -2.20. The maximum Gasteiger partial charge on any atom is 0.329 e. The van der Waals surface area contributed by atoms with Crippen molar-refractivity contribution in [2.75, 3.05) is 24.7 Å². The van der Waals surface area contributed by atoms with Crippen molar-refractivity contribution >= 4 is 35.6 Å². The van der Waals surface area contributed by atoms with Gasteiger partial charge in [0, 0.05) is 30.8 Å². The minimum atomic E-state index is -0.843. The first-order chi connectivity index (χ1) is 32.4. The van der Waals surface area contributed by atoms with Crippen LogP contribution in [0.25, 0.3) is 0 Å². The van der Waals surface area contributed by atoms with E-state index < -0.39 is 18.1 Å². The fourth-order valence-electron chi connectivity index (χ4n) is 8.49. The molecule has 8 nitrogen and oxygen atoms in total. The van der Waals surface area contributed by atoms with Crippen LogP contribution in [0, 0.1) is 0 Å². The molecule has 1 N–H and O–H groups in total. The van der Waals surface area contributed by atoms with Gasteiger partial charge in [0.25, 0.3) is 0 Å². The van der Waals surface area contributed by atoms with Crippen molar-refractivity contribution in [3.8, 4) is 0 Å². The highest BCUT2D eigenvalue weighted by Gasteiger charge is 2.24. The summed E-state index contributed by atoms with van der Waals surface area (Å²) in [5.41, 5.74) is 0. The van der Waals surface area contributed by atoms with Gasteiger partial charge in [-0.1, -0.05) is 265 Å². The summed E-state index contributed by atoms with van der Waals surface area (Å²) in [6.07, 6.45) is 50.2. The van der Waals surface area contributed by atoms with Crippen LogP contribution in [0.3, 0.4) is 0 Å². The molecule has 0 aromatic carbocycles. The van der Waals surface area contributed by atoms with Gasteiger partial charge in [0.1, 0.15) is 25.4 Å². The molecule has 0 aliphatic heterocycles. The third kappa shape index (κ3) is 47.1. The van der Waals surface area contributed by atoms with Crippen LogP contribution >= 0.6 is 11.8 Å². The SMILES string of the molecule is C=CCOC(=O)[C@H](CSCC(COC(=O)CCCCCCCCCCCCCCC)OC(=O)CCCCCCCCCCCCCCC)NC(=O)CCCCCCCCCCCCCCC. The molecule has 2 atom stereocenters. The highest BCUT2D eigenvalue weighted by molar-refractivity contribution is 7.99. The number of hydrogen-bond acceptors (Lipinski definition) is 8. The maximum absolute atomic E-state index is 13.0. The maximum atomic E-state index is 13.0. The van der Waals surface area contributed by atoms with Crippen LogP contribution < -0.4 is 5.32 Å². The van der Waals surface area contributed by atoms with Crippen molar-refractivity contribution in [1.82, 2.24) is 5.32 Å². The molecule has 0 aliphatic carbocycles. The van der Waals surface area contributed by atoms with Gasteiger partial charge in [0.15, 0.2) is 0 Å². The largest absolute Gasteiger partial charge is 0.462 e. The fraction of sp³-hybridized carbons (Fsp3) is 0.895. The summed E-state index contributed by atoms with van der Waals surface area (Å²) in [4.78, 5) is 51.8. The molecule has 388 valence electrons. The normalized spacial score (nSPS) is 12.2. The number of ether oxygens (including phenoxy) is 3. The van der Waals surface area contributed by atoms with E-state index in [1.807, 2.05) is 0 Å². The second-order valence-corrected chi connectivity index (χ2v) is 20.4. The van der Waals surface area contributed by atoms with Gasteiger partial charge in [-0.05, 0) is 19.3 Å². The van der Waals surface area contributed by atoms with Crippen molar-refractivity contribution in [1.29, 1.82) is 0 Å². The average molecular weight is 951 g/mol. The van der Waals surface area contributed by atoms with Crippen molar-refractivity contribution in [2.45, 2.75) is 303 Å². The molecule has 0 radical (unpaired) electrons. The van der Waals surface area contributed by atoms with Crippen LogP contribution in [0.5, 0.6) is 0 Å². The second-order valence-electron chi connectivity index (χ2n) is 19.3. The molecule has 1 unspecified atom stereocenters. The number of esters is 3. The van der Waals surface area contributed by atoms with Crippen molar-refractivity contribution < 1.29 is 33.4 Å². The minimum Gasteiger partial charge on any atom is -0.462 e. The molecule has 0 spiro atoms. The Bertz CT molecular complexity index is 1100. The number of nitrogens with one attached hydrogen (secondary N) is 1. The first-order valence-corrected chi connectivity index (χ1v) is 29.5. The highest BCUT2D eigenvalue weighted by atomic mass is 32.2. The van der Waals surface area contributed by atoms with Gasteiger partial charge in [-0.15, -0.1) is 0 Å². The van der Waals surface area contributed by atoms with Crippen LogP contribution in [0.2, 0.25) is 0 Å². The van der Waals surface area contributed by atoms with E-state index in [1.165, 1.54) is 210 Å². The highest BCUT2D eigenvalue weighted by Crippen LogP contribution is 2.18. The van der Waals surface area contributed by atoms with Gasteiger partial charge in [0.05, 0.1) is 0 Å². The number of amides is 1. The van der Waals surface area contributed by atoms with E-state index in [1.54, 1.807) is 0 Å². The topological polar surface area (TPSA) is 108 Å². The summed E-state index contributed by atoms with van der Waals surface area (Å²) in [6.45, 7) is 10.5. The Morgan fingerprint density at radius 2 is 0.773 bits per heavy atom. The van der Waals surface area contributed by atoms with Crippen molar-refractivity contribution in [3.63, 3.8) is 0 Å². The number of unbranched alkanes of at least 4 members (excludes halogenated alkanes) is 36. The molecule has 0 aromatic rings. The first-order valence-electron chi connectivity index (χ1n) is 28.4. The second kappa shape index (κ2) is 52.3. The fourth-order valence-corrected chi connectivity index (χ4v) is 9.51. The minimum absolute atomic E-state index is 0.0222. The van der Waals surface area contributed by atoms with Gasteiger partial charge in [-0.25, -0.2) is 4.79 Å². The van der Waals surface area contributed by atoms with E-state index >= 15 is 0 Å². The number of carbonyl (C=O) groups excluding carboxylic acids is 4. The molecule has 9 heteroatoms. The summed E-state index contributed by atoms with van der Waals surface area (Å²) < 4.78 is 16.9. The molecule has 0 fully saturated rings. The zero-order chi connectivity index (χ0) is 48.2. The van der Waals surface area contributed by atoms with Gasteiger partial charge in [-0.3, -0.25) is 14.4 Å². The van der Waals surface area contributed by atoms with Crippen LogP contribution in [0.4, 0.5) is 0 Å². The smallest absolute Gasteiger partial charge is 0.329 e. The Morgan fingerprint density at radius 1 is 0.439 bits per heavy atom. The van der Waals surface area contributed by atoms with E-state index in [0.29, 0.717) is 25.0 Å². The summed E-state index contributed by atoms with van der Waals surface area (Å²) in [5, 5.41) is 2.90. The predicted molar refractivity (Wildman–Crippen MR) is 282 cm³/mol. The molecule has 0 rings (SSSR count). The molecular formula is C57H107NO7S. The Hall–Kier alpha value is -2.03. The van der Waals surface area contributed by atoms with Crippen LogP contribution in [-0.4, -0.2) is 60.7 Å². The Balaban J connectivity index is 4.84. The molecule has 0 bridgehead atoms. The van der Waals surface area contributed by atoms with Crippen LogP contribution in [0.15, 0.2) is 12.7 Å². The summed E-state index contributed by atoms with van der Waals surface area (Å²) in [6, 6.07) is -0.843. The quantitative estimate of drug-likeness (QED) is 0.0278. The van der Waals surface area contributed by atoms with Gasteiger partial charge in [-0.2, -0.15) is 11.8 Å². The lowest BCUT2D eigenvalue weighted by molar-refractivity contribution is -0.157. The van der Waals surface area contributed by atoms with E-state index in [-0.39, 0.29) is 36.8 Å². The zero-order valence-electron chi connectivity index (χ0n) is 43.7. The van der Waals surface area contributed by atoms with Gasteiger partial charge < -0.3 is 19.5 Å². The third-order valence-electron chi connectivity index (χ3n) is 12.8. The number of rotatable bonds is 53. The Kier molecular flexibility index (Phi) is 50.7. The molecule has 0 heterocycles. The Labute approximate surface area is 412 Å². The standard InChI is InChI=1S/C57H107NO7S/c1-5-9-12-15-18-21-24-27-30-33-36-39-42-45-54(59)58-53(57(62)63-48-8-4)51-66-50-52(65-56(61)47-44-41-38-35-32-29-26-23-20-17-14-11-7-3)49-64-55(60)46-43-40-37-34-31-28-25-22-19-16-13-10-6-2/h8,52-53H,4-7,9-51H2,1-3H3,(H,58,59)/t52?,53-/m0/s1. The molecule has 0 saturated carbocycles. The van der Waals surface area contributed by atoms with Crippen LogP contribution in [-0.2, 0) is 33.4 Å². The van der Waals surface area contributed by atoms with E-state index in [0.717, 1.165) is 57.8 Å². The average Bonchev–Trinajstić information content (AvgIpc) is 3.31. The monoisotopic (exact) mass is 950 g/mol. The summed E-state index contributed by atoms with van der Waals surface area (Å²) >= 11 is 1.39. The first kappa shape index (κ1) is 64.0. The molecule has 0 aliphatic rings. The van der Waals surface area contributed by atoms with E-state index in [9.17, 15) is 19.2 Å². The molecule has 0 aromatic heterocycles. The van der Waals surface area contributed by atoms with E-state index in [4.69, 9.17) is 14.2 Å². The number of carbonyl (C=O) groups is 4. The van der Waals surface area contributed by atoms with E-state index in [2.05, 4.69) is 32.7 Å². The summed E-state index contributed by atoms with van der Waals surface area (Å²) in [5.74, 6) is -0.657. The van der Waals surface area contributed by atoms with Crippen molar-refractivity contribution in [3.05, 3.63) is 12.7 Å². The lowest BCUT2D eigenvalue weighted by atomic mass is 10.0. The zero-order valence-corrected chi connectivity index (χ0v) is 44.5. The predicted octanol–water partition coefficient (Wildman–Crippen LogP) is 16.8. The molecule has 1 amide bonds. The van der Waals surface area contributed by atoms with Gasteiger partial charge in [0.2, 0.25) is 5.91 Å². The summed E-state index contributed by atoms with van der Waals surface area (Å²) in [7, 11) is 0. The third-order valence-corrected chi connectivity index (χ3v) is 13.9. The molecule has 0 saturated heterocycles.